The molecule has 0 amide bonds. The van der Waals surface area contributed by atoms with Crippen molar-refractivity contribution < 1.29 is 8.42 Å². The Hall–Kier alpha value is -0.900. The fourth-order valence-electron chi connectivity index (χ4n) is 1.98. The zero-order valence-corrected chi connectivity index (χ0v) is 11.2. The molecular weight excluding hydrogens is 256 g/mol. The van der Waals surface area contributed by atoms with Crippen molar-refractivity contribution in [2.24, 2.45) is 0 Å². The lowest BCUT2D eigenvalue weighted by molar-refractivity contribution is 0.397. The van der Waals surface area contributed by atoms with Gasteiger partial charge >= 0.3 is 0 Å². The van der Waals surface area contributed by atoms with Crippen molar-refractivity contribution in [2.45, 2.75) is 25.4 Å². The van der Waals surface area contributed by atoms with Crippen LogP contribution in [-0.2, 0) is 16.4 Å². The van der Waals surface area contributed by atoms with E-state index in [1.54, 1.807) is 6.07 Å². The van der Waals surface area contributed by atoms with Gasteiger partial charge in [0.25, 0.3) is 0 Å². The summed E-state index contributed by atoms with van der Waals surface area (Å²) in [4.78, 5) is 1.75. The van der Waals surface area contributed by atoms with E-state index in [-0.39, 0.29) is 17.0 Å². The number of nitrogens with zero attached hydrogens (tertiary/aromatic N) is 1. The molecule has 0 saturated carbocycles. The second kappa shape index (κ2) is 4.41. The molecule has 92 valence electrons. The maximum absolute atomic E-state index is 11.4. The van der Waals surface area contributed by atoms with Crippen LogP contribution < -0.4 is 5.32 Å². The molecule has 2 rings (SSSR count). The van der Waals surface area contributed by atoms with E-state index >= 15 is 0 Å². The topological polar surface area (TPSA) is 70.0 Å². The minimum Gasteiger partial charge on any atom is -0.306 e. The first-order chi connectivity index (χ1) is 7.92. The fourth-order valence-corrected chi connectivity index (χ4v) is 4.85. The van der Waals surface area contributed by atoms with Crippen molar-refractivity contribution in [2.75, 3.05) is 11.5 Å². The van der Waals surface area contributed by atoms with E-state index < -0.39 is 9.84 Å². The molecule has 0 aromatic carbocycles. The zero-order valence-electron chi connectivity index (χ0n) is 9.56. The standard InChI is InChI=1S/C11H14N2O2S2/c1-11(4-5-17(14,15)8-11)13-7-10-3-2-9(6-12)16-10/h2-3,13H,4-5,7-8H2,1H3. The van der Waals surface area contributed by atoms with Gasteiger partial charge in [0, 0.05) is 17.0 Å². The summed E-state index contributed by atoms with van der Waals surface area (Å²) in [6, 6.07) is 5.79. The molecule has 1 unspecified atom stereocenters. The van der Waals surface area contributed by atoms with Gasteiger partial charge in [-0.05, 0) is 25.5 Å². The van der Waals surface area contributed by atoms with Crippen molar-refractivity contribution in [3.8, 4) is 6.07 Å². The van der Waals surface area contributed by atoms with Crippen LogP contribution in [0, 0.1) is 11.3 Å². The fraction of sp³-hybridized carbons (Fsp3) is 0.545. The quantitative estimate of drug-likeness (QED) is 0.898. The lowest BCUT2D eigenvalue weighted by Crippen LogP contribution is -2.42. The monoisotopic (exact) mass is 270 g/mol. The Morgan fingerprint density at radius 2 is 2.35 bits per heavy atom. The number of hydrogen-bond donors (Lipinski definition) is 1. The van der Waals surface area contributed by atoms with Crippen LogP contribution in [0.3, 0.4) is 0 Å². The van der Waals surface area contributed by atoms with Crippen LogP contribution in [-0.4, -0.2) is 25.5 Å². The molecule has 0 spiro atoms. The third-order valence-electron chi connectivity index (χ3n) is 2.96. The number of thiophene rings is 1. The Balaban J connectivity index is 1.97. The van der Waals surface area contributed by atoms with Gasteiger partial charge in [-0.3, -0.25) is 0 Å². The van der Waals surface area contributed by atoms with Gasteiger partial charge in [-0.25, -0.2) is 8.42 Å². The van der Waals surface area contributed by atoms with Gasteiger partial charge in [-0.2, -0.15) is 5.26 Å². The van der Waals surface area contributed by atoms with Gasteiger partial charge < -0.3 is 5.32 Å². The van der Waals surface area contributed by atoms with Crippen LogP contribution in [0.4, 0.5) is 0 Å². The van der Waals surface area contributed by atoms with E-state index in [9.17, 15) is 8.42 Å². The zero-order chi connectivity index (χ0) is 12.5. The molecule has 1 saturated heterocycles. The molecular formula is C11H14N2O2S2. The van der Waals surface area contributed by atoms with Crippen molar-refractivity contribution in [1.29, 1.82) is 5.26 Å². The lowest BCUT2D eigenvalue weighted by atomic mass is 10.0. The largest absolute Gasteiger partial charge is 0.306 e. The van der Waals surface area contributed by atoms with E-state index in [1.807, 2.05) is 13.0 Å². The Kier molecular flexibility index (Phi) is 3.25. The van der Waals surface area contributed by atoms with Crippen molar-refractivity contribution in [1.82, 2.24) is 5.32 Å². The Morgan fingerprint density at radius 1 is 1.59 bits per heavy atom. The van der Waals surface area contributed by atoms with E-state index in [4.69, 9.17) is 5.26 Å². The van der Waals surface area contributed by atoms with E-state index in [2.05, 4.69) is 11.4 Å². The average Bonchev–Trinajstić information content (AvgIpc) is 2.81. The van der Waals surface area contributed by atoms with Crippen LogP contribution in [0.15, 0.2) is 12.1 Å². The summed E-state index contributed by atoms with van der Waals surface area (Å²) in [5, 5.41) is 12.0. The van der Waals surface area contributed by atoms with Crippen LogP contribution in [0.2, 0.25) is 0 Å². The molecule has 17 heavy (non-hydrogen) atoms. The maximum atomic E-state index is 11.4. The molecule has 1 aromatic rings. The molecule has 4 nitrogen and oxygen atoms in total. The summed E-state index contributed by atoms with van der Waals surface area (Å²) in [5.41, 5.74) is -0.324. The summed E-state index contributed by atoms with van der Waals surface area (Å²) in [6.45, 7) is 2.56. The maximum Gasteiger partial charge on any atom is 0.152 e. The molecule has 1 N–H and O–H groups in total. The number of nitriles is 1. The average molecular weight is 270 g/mol. The SMILES string of the molecule is CC1(NCc2ccc(C#N)s2)CCS(=O)(=O)C1. The molecule has 0 bridgehead atoms. The summed E-state index contributed by atoms with van der Waals surface area (Å²) < 4.78 is 22.9. The highest BCUT2D eigenvalue weighted by Gasteiger charge is 2.37. The van der Waals surface area contributed by atoms with Crippen LogP contribution >= 0.6 is 11.3 Å². The van der Waals surface area contributed by atoms with Gasteiger partial charge in [0.1, 0.15) is 10.9 Å². The predicted molar refractivity (Wildman–Crippen MR) is 67.5 cm³/mol. The summed E-state index contributed by atoms with van der Waals surface area (Å²) in [5.74, 6) is 0.473. The van der Waals surface area contributed by atoms with Gasteiger partial charge in [0.05, 0.1) is 11.5 Å². The van der Waals surface area contributed by atoms with Gasteiger partial charge in [0.15, 0.2) is 9.84 Å². The Morgan fingerprint density at radius 3 is 2.88 bits per heavy atom. The van der Waals surface area contributed by atoms with Gasteiger partial charge in [-0.1, -0.05) is 0 Å². The Bertz CT molecular complexity index is 556. The first-order valence-electron chi connectivity index (χ1n) is 5.37. The number of sulfone groups is 1. The van der Waals surface area contributed by atoms with E-state index in [1.165, 1.54) is 11.3 Å². The van der Waals surface area contributed by atoms with Crippen LogP contribution in [0.1, 0.15) is 23.1 Å². The van der Waals surface area contributed by atoms with Crippen LogP contribution in [0.5, 0.6) is 0 Å². The highest BCUT2D eigenvalue weighted by molar-refractivity contribution is 7.91. The lowest BCUT2D eigenvalue weighted by Gasteiger charge is -2.23. The van der Waals surface area contributed by atoms with Gasteiger partial charge in [0.2, 0.25) is 0 Å². The third-order valence-corrected chi connectivity index (χ3v) is 5.86. The summed E-state index contributed by atoms with van der Waals surface area (Å²) in [7, 11) is -2.87. The van der Waals surface area contributed by atoms with E-state index in [0.717, 1.165) is 4.88 Å². The first kappa shape index (κ1) is 12.6. The molecule has 1 fully saturated rings. The smallest absolute Gasteiger partial charge is 0.152 e. The molecule has 0 aliphatic carbocycles. The van der Waals surface area contributed by atoms with Gasteiger partial charge in [-0.15, -0.1) is 11.3 Å². The van der Waals surface area contributed by atoms with Crippen molar-refractivity contribution in [3.05, 3.63) is 21.9 Å². The van der Waals surface area contributed by atoms with Crippen molar-refractivity contribution >= 4 is 21.2 Å². The molecule has 0 radical (unpaired) electrons. The molecule has 1 aromatic heterocycles. The Labute approximate surface area is 105 Å². The minimum atomic E-state index is -2.87. The number of rotatable bonds is 3. The highest BCUT2D eigenvalue weighted by atomic mass is 32.2. The van der Waals surface area contributed by atoms with Crippen LogP contribution in [0.25, 0.3) is 0 Å². The molecule has 1 aliphatic heterocycles. The summed E-state index contributed by atoms with van der Waals surface area (Å²) >= 11 is 1.44. The predicted octanol–water partition coefficient (Wildman–Crippen LogP) is 1.29. The normalized spacial score (nSPS) is 26.8. The third kappa shape index (κ3) is 3.06. The van der Waals surface area contributed by atoms with Crippen molar-refractivity contribution in [3.63, 3.8) is 0 Å². The molecule has 6 heteroatoms. The molecule has 2 heterocycles. The number of hydrogen-bond acceptors (Lipinski definition) is 5. The second-order valence-corrected chi connectivity index (χ2v) is 7.99. The minimum absolute atomic E-state index is 0.205. The molecule has 1 aliphatic rings. The molecule has 1 atom stereocenters. The summed E-state index contributed by atoms with van der Waals surface area (Å²) in [6.07, 6.45) is 0.659. The first-order valence-corrected chi connectivity index (χ1v) is 8.01. The highest BCUT2D eigenvalue weighted by Crippen LogP contribution is 2.24. The second-order valence-electron chi connectivity index (χ2n) is 4.63. The van der Waals surface area contributed by atoms with E-state index in [0.29, 0.717) is 17.8 Å². The number of nitrogens with one attached hydrogen (secondary N) is 1.